The summed E-state index contributed by atoms with van der Waals surface area (Å²) < 4.78 is 5.76. The maximum Gasteiger partial charge on any atom is 0.119 e. The zero-order valence-electron chi connectivity index (χ0n) is 13.8. The monoisotopic (exact) mass is 297 g/mol. The van der Waals surface area contributed by atoms with E-state index in [0.29, 0.717) is 0 Å². The summed E-state index contributed by atoms with van der Waals surface area (Å²) in [5.41, 5.74) is 3.70. The third-order valence-electron chi connectivity index (χ3n) is 3.74. The Labute approximate surface area is 134 Å². The van der Waals surface area contributed by atoms with E-state index in [1.54, 1.807) is 0 Å². The molecule has 2 aromatic rings. The first kappa shape index (κ1) is 16.4. The Morgan fingerprint density at radius 1 is 0.864 bits per heavy atom. The second kappa shape index (κ2) is 9.14. The van der Waals surface area contributed by atoms with Gasteiger partial charge in [0.25, 0.3) is 0 Å². The first-order valence-electron chi connectivity index (χ1n) is 8.30. The zero-order chi connectivity index (χ0) is 15.6. The topological polar surface area (TPSA) is 21.3 Å². The molecule has 2 rings (SSSR count). The van der Waals surface area contributed by atoms with Crippen LogP contribution in [0.5, 0.6) is 5.75 Å². The van der Waals surface area contributed by atoms with Gasteiger partial charge in [0.2, 0.25) is 0 Å². The summed E-state index contributed by atoms with van der Waals surface area (Å²) in [5, 5.41) is 3.43. The fraction of sp³-hybridized carbons (Fsp3) is 0.400. The van der Waals surface area contributed by atoms with Crippen molar-refractivity contribution >= 4 is 5.69 Å². The average Bonchev–Trinajstić information content (AvgIpc) is 2.55. The van der Waals surface area contributed by atoms with E-state index in [1.807, 2.05) is 0 Å². The molecule has 0 radical (unpaired) electrons. The molecule has 22 heavy (non-hydrogen) atoms. The Balaban J connectivity index is 1.73. The summed E-state index contributed by atoms with van der Waals surface area (Å²) in [7, 11) is 0. The molecule has 0 fully saturated rings. The van der Waals surface area contributed by atoms with Gasteiger partial charge in [0.15, 0.2) is 0 Å². The van der Waals surface area contributed by atoms with E-state index in [4.69, 9.17) is 4.74 Å². The highest BCUT2D eigenvalue weighted by molar-refractivity contribution is 5.45. The molecule has 1 N–H and O–H groups in total. The minimum Gasteiger partial charge on any atom is -0.494 e. The Kier molecular flexibility index (Phi) is 6.82. The van der Waals surface area contributed by atoms with Gasteiger partial charge in [-0.3, -0.25) is 0 Å². The smallest absolute Gasteiger partial charge is 0.119 e. The van der Waals surface area contributed by atoms with Gasteiger partial charge in [-0.2, -0.15) is 0 Å². The molecule has 0 unspecified atom stereocenters. The molecule has 2 nitrogen and oxygen atoms in total. The number of anilines is 1. The highest BCUT2D eigenvalue weighted by Gasteiger charge is 1.97. The highest BCUT2D eigenvalue weighted by Crippen LogP contribution is 2.15. The molecule has 0 aliphatic heterocycles. The molecule has 0 saturated heterocycles. The molecule has 0 bridgehead atoms. The van der Waals surface area contributed by atoms with Crippen LogP contribution < -0.4 is 10.1 Å². The Morgan fingerprint density at radius 3 is 2.27 bits per heavy atom. The minimum absolute atomic E-state index is 0.820. The molecule has 0 amide bonds. The highest BCUT2D eigenvalue weighted by atomic mass is 16.5. The lowest BCUT2D eigenvalue weighted by molar-refractivity contribution is 0.305. The molecular weight excluding hydrogens is 270 g/mol. The van der Waals surface area contributed by atoms with Crippen LogP contribution in [0.4, 0.5) is 5.69 Å². The van der Waals surface area contributed by atoms with Crippen LogP contribution in [0, 0.1) is 6.92 Å². The normalized spacial score (nSPS) is 10.5. The Morgan fingerprint density at radius 2 is 1.59 bits per heavy atom. The standard InChI is InChI=1S/C20H27NO/c1-3-4-5-6-15-22-20-13-9-18(10-14-20)16-21-19-11-7-17(2)8-12-19/h7-14,21H,3-6,15-16H2,1-2H3. The van der Waals surface area contributed by atoms with E-state index in [-0.39, 0.29) is 0 Å². The Bertz CT molecular complexity index is 531. The molecule has 0 atom stereocenters. The fourth-order valence-corrected chi connectivity index (χ4v) is 2.30. The van der Waals surface area contributed by atoms with Gasteiger partial charge >= 0.3 is 0 Å². The first-order chi connectivity index (χ1) is 10.8. The predicted octanol–water partition coefficient (Wildman–Crippen LogP) is 5.57. The molecule has 0 saturated carbocycles. The molecular formula is C20H27NO. The van der Waals surface area contributed by atoms with Gasteiger partial charge < -0.3 is 10.1 Å². The SMILES string of the molecule is CCCCCCOc1ccc(CNc2ccc(C)cc2)cc1. The maximum absolute atomic E-state index is 5.76. The summed E-state index contributed by atoms with van der Waals surface area (Å²) in [5.74, 6) is 0.968. The zero-order valence-corrected chi connectivity index (χ0v) is 13.8. The molecule has 0 aliphatic carbocycles. The number of aryl methyl sites for hydroxylation is 1. The fourth-order valence-electron chi connectivity index (χ4n) is 2.30. The summed E-state index contributed by atoms with van der Waals surface area (Å²) >= 11 is 0. The summed E-state index contributed by atoms with van der Waals surface area (Å²) in [6, 6.07) is 16.9. The van der Waals surface area contributed by atoms with E-state index in [2.05, 4.69) is 67.7 Å². The lowest BCUT2D eigenvalue weighted by atomic mass is 10.2. The molecule has 2 aromatic carbocycles. The van der Waals surface area contributed by atoms with Crippen molar-refractivity contribution in [1.29, 1.82) is 0 Å². The van der Waals surface area contributed by atoms with Crippen LogP contribution in [0.25, 0.3) is 0 Å². The largest absolute Gasteiger partial charge is 0.494 e. The van der Waals surface area contributed by atoms with Crippen molar-refractivity contribution in [3.63, 3.8) is 0 Å². The van der Waals surface area contributed by atoms with Crippen molar-refractivity contribution in [3.05, 3.63) is 59.7 Å². The average molecular weight is 297 g/mol. The third-order valence-corrected chi connectivity index (χ3v) is 3.74. The molecule has 0 aromatic heterocycles. The number of unbranched alkanes of at least 4 members (excludes halogenated alkanes) is 3. The Hall–Kier alpha value is -1.96. The van der Waals surface area contributed by atoms with E-state index in [0.717, 1.165) is 31.0 Å². The summed E-state index contributed by atoms with van der Waals surface area (Å²) in [6.07, 6.45) is 4.97. The number of benzene rings is 2. The molecule has 0 heterocycles. The molecule has 0 aliphatic rings. The van der Waals surface area contributed by atoms with Crippen molar-refractivity contribution < 1.29 is 4.74 Å². The third kappa shape index (κ3) is 5.80. The molecule has 0 spiro atoms. The van der Waals surface area contributed by atoms with Crippen molar-refractivity contribution in [1.82, 2.24) is 0 Å². The number of ether oxygens (including phenoxy) is 1. The predicted molar refractivity (Wildman–Crippen MR) is 94.6 cm³/mol. The van der Waals surface area contributed by atoms with E-state index in [1.165, 1.54) is 30.4 Å². The van der Waals surface area contributed by atoms with Crippen molar-refractivity contribution in [3.8, 4) is 5.75 Å². The van der Waals surface area contributed by atoms with E-state index < -0.39 is 0 Å². The van der Waals surface area contributed by atoms with Crippen LogP contribution in [0.15, 0.2) is 48.5 Å². The lowest BCUT2D eigenvalue weighted by Crippen LogP contribution is -2.00. The van der Waals surface area contributed by atoms with Crippen molar-refractivity contribution in [2.45, 2.75) is 46.1 Å². The summed E-state index contributed by atoms with van der Waals surface area (Å²) in [4.78, 5) is 0. The van der Waals surface area contributed by atoms with Crippen LogP contribution in [-0.2, 0) is 6.54 Å². The van der Waals surface area contributed by atoms with E-state index >= 15 is 0 Å². The van der Waals surface area contributed by atoms with Gasteiger partial charge in [0.05, 0.1) is 6.61 Å². The second-order valence-electron chi connectivity index (χ2n) is 5.77. The van der Waals surface area contributed by atoms with Crippen LogP contribution in [0.1, 0.15) is 43.7 Å². The molecule has 118 valence electrons. The van der Waals surface area contributed by atoms with Gasteiger partial charge in [-0.25, -0.2) is 0 Å². The van der Waals surface area contributed by atoms with Gasteiger partial charge in [0, 0.05) is 12.2 Å². The number of rotatable bonds is 9. The second-order valence-corrected chi connectivity index (χ2v) is 5.77. The first-order valence-corrected chi connectivity index (χ1v) is 8.30. The number of hydrogen-bond acceptors (Lipinski definition) is 2. The quantitative estimate of drug-likeness (QED) is 0.611. The van der Waals surface area contributed by atoms with Crippen LogP contribution in [0.3, 0.4) is 0 Å². The van der Waals surface area contributed by atoms with Gasteiger partial charge in [-0.15, -0.1) is 0 Å². The van der Waals surface area contributed by atoms with Crippen molar-refractivity contribution in [2.75, 3.05) is 11.9 Å². The lowest BCUT2D eigenvalue weighted by Gasteiger charge is -2.09. The van der Waals surface area contributed by atoms with Crippen LogP contribution >= 0.6 is 0 Å². The number of nitrogens with one attached hydrogen (secondary N) is 1. The van der Waals surface area contributed by atoms with E-state index in [9.17, 15) is 0 Å². The van der Waals surface area contributed by atoms with Crippen molar-refractivity contribution in [2.24, 2.45) is 0 Å². The summed E-state index contributed by atoms with van der Waals surface area (Å²) in [6.45, 7) is 5.98. The minimum atomic E-state index is 0.820. The number of hydrogen-bond donors (Lipinski definition) is 1. The van der Waals surface area contributed by atoms with Gasteiger partial charge in [0.1, 0.15) is 5.75 Å². The maximum atomic E-state index is 5.76. The van der Waals surface area contributed by atoms with Crippen LogP contribution in [-0.4, -0.2) is 6.61 Å². The van der Waals surface area contributed by atoms with Gasteiger partial charge in [-0.05, 0) is 43.2 Å². The van der Waals surface area contributed by atoms with Crippen LogP contribution in [0.2, 0.25) is 0 Å². The molecule has 2 heteroatoms. The van der Waals surface area contributed by atoms with Gasteiger partial charge in [-0.1, -0.05) is 56.0 Å².